The Balaban J connectivity index is 1.69. The standard InChI is InChI=1S/C22H24N4O/c1-15(2)19(13-27-12-16-8-4-3-5-9-16)26-14-24-20-21(26)17-10-6-7-11-18(17)25-22(20)23/h3-11,14-15,19H,12-13H2,1-2H3,(H2,23,25). The van der Waals surface area contributed by atoms with Gasteiger partial charge < -0.3 is 15.0 Å². The molecule has 0 amide bonds. The van der Waals surface area contributed by atoms with Crippen LogP contribution >= 0.6 is 0 Å². The zero-order chi connectivity index (χ0) is 18.8. The Bertz CT molecular complexity index is 1060. The molecule has 0 aliphatic rings. The van der Waals surface area contributed by atoms with Crippen molar-refractivity contribution in [3.8, 4) is 0 Å². The van der Waals surface area contributed by atoms with Crippen LogP contribution < -0.4 is 5.73 Å². The number of imidazole rings is 1. The van der Waals surface area contributed by atoms with Gasteiger partial charge in [0.15, 0.2) is 5.82 Å². The first kappa shape index (κ1) is 17.5. The Morgan fingerprint density at radius 2 is 1.78 bits per heavy atom. The molecular weight excluding hydrogens is 336 g/mol. The fourth-order valence-corrected chi connectivity index (χ4v) is 3.49. The average Bonchev–Trinajstić information content (AvgIpc) is 3.11. The van der Waals surface area contributed by atoms with Gasteiger partial charge in [0.2, 0.25) is 0 Å². The number of fused-ring (bicyclic) bond motifs is 3. The molecule has 0 fully saturated rings. The third-order valence-corrected chi connectivity index (χ3v) is 4.96. The largest absolute Gasteiger partial charge is 0.382 e. The maximum Gasteiger partial charge on any atom is 0.152 e. The van der Waals surface area contributed by atoms with Gasteiger partial charge in [-0.05, 0) is 17.5 Å². The maximum absolute atomic E-state index is 6.17. The zero-order valence-electron chi connectivity index (χ0n) is 15.7. The van der Waals surface area contributed by atoms with Gasteiger partial charge in [-0.1, -0.05) is 62.4 Å². The number of hydrogen-bond acceptors (Lipinski definition) is 4. The van der Waals surface area contributed by atoms with Gasteiger partial charge in [0.05, 0.1) is 36.6 Å². The highest BCUT2D eigenvalue weighted by Crippen LogP contribution is 2.31. The number of pyridine rings is 1. The van der Waals surface area contributed by atoms with Crippen LogP contribution in [0.25, 0.3) is 21.9 Å². The summed E-state index contributed by atoms with van der Waals surface area (Å²) < 4.78 is 8.26. The van der Waals surface area contributed by atoms with E-state index in [1.54, 1.807) is 0 Å². The topological polar surface area (TPSA) is 66.0 Å². The lowest BCUT2D eigenvalue weighted by Crippen LogP contribution is -2.20. The summed E-state index contributed by atoms with van der Waals surface area (Å²) in [6.45, 7) is 5.61. The summed E-state index contributed by atoms with van der Waals surface area (Å²) in [6, 6.07) is 18.5. The number of benzene rings is 2. The number of hydrogen-bond donors (Lipinski definition) is 1. The number of nitrogens with zero attached hydrogens (tertiary/aromatic N) is 3. The van der Waals surface area contributed by atoms with Crippen LogP contribution in [0.3, 0.4) is 0 Å². The fourth-order valence-electron chi connectivity index (χ4n) is 3.49. The van der Waals surface area contributed by atoms with Gasteiger partial charge >= 0.3 is 0 Å². The van der Waals surface area contributed by atoms with Gasteiger partial charge in [0, 0.05) is 5.39 Å². The molecule has 0 radical (unpaired) electrons. The molecule has 5 heteroatoms. The zero-order valence-corrected chi connectivity index (χ0v) is 15.7. The first-order valence-electron chi connectivity index (χ1n) is 9.27. The summed E-state index contributed by atoms with van der Waals surface area (Å²) in [6.07, 6.45) is 1.87. The van der Waals surface area contributed by atoms with Crippen LogP contribution in [-0.2, 0) is 11.3 Å². The molecule has 4 rings (SSSR count). The van der Waals surface area contributed by atoms with Crippen LogP contribution in [0.2, 0.25) is 0 Å². The molecule has 27 heavy (non-hydrogen) atoms. The number of nitrogens with two attached hydrogens (primary N) is 1. The van der Waals surface area contributed by atoms with E-state index in [-0.39, 0.29) is 6.04 Å². The monoisotopic (exact) mass is 360 g/mol. The van der Waals surface area contributed by atoms with Crippen molar-refractivity contribution < 1.29 is 4.74 Å². The molecular formula is C22H24N4O. The highest BCUT2D eigenvalue weighted by Gasteiger charge is 2.21. The molecule has 1 unspecified atom stereocenters. The molecule has 0 saturated carbocycles. The highest BCUT2D eigenvalue weighted by atomic mass is 16.5. The molecule has 138 valence electrons. The van der Waals surface area contributed by atoms with Crippen LogP contribution in [0.4, 0.5) is 5.82 Å². The summed E-state index contributed by atoms with van der Waals surface area (Å²) >= 11 is 0. The third kappa shape index (κ3) is 3.38. The number of nitrogen functional groups attached to an aromatic ring is 1. The quantitative estimate of drug-likeness (QED) is 0.546. The molecule has 0 aliphatic carbocycles. The van der Waals surface area contributed by atoms with Crippen LogP contribution in [-0.4, -0.2) is 21.1 Å². The third-order valence-electron chi connectivity index (χ3n) is 4.96. The molecule has 5 nitrogen and oxygen atoms in total. The van der Waals surface area contributed by atoms with Crippen LogP contribution in [0.5, 0.6) is 0 Å². The van der Waals surface area contributed by atoms with E-state index in [0.717, 1.165) is 21.9 Å². The van der Waals surface area contributed by atoms with Crippen molar-refractivity contribution in [1.29, 1.82) is 0 Å². The molecule has 1 atom stereocenters. The predicted molar refractivity (Wildman–Crippen MR) is 109 cm³/mol. The van der Waals surface area contributed by atoms with E-state index < -0.39 is 0 Å². The minimum Gasteiger partial charge on any atom is -0.382 e. The van der Waals surface area contributed by atoms with Gasteiger partial charge in [0.1, 0.15) is 5.52 Å². The number of aromatic nitrogens is 3. The lowest BCUT2D eigenvalue weighted by Gasteiger charge is -2.24. The minimum atomic E-state index is 0.156. The van der Waals surface area contributed by atoms with E-state index in [1.807, 2.05) is 42.7 Å². The van der Waals surface area contributed by atoms with Gasteiger partial charge in [-0.2, -0.15) is 0 Å². The molecule has 0 saturated heterocycles. The van der Waals surface area contributed by atoms with Crippen molar-refractivity contribution in [2.24, 2.45) is 5.92 Å². The summed E-state index contributed by atoms with van der Waals surface area (Å²) in [5.74, 6) is 0.849. The molecule has 4 aromatic rings. The summed E-state index contributed by atoms with van der Waals surface area (Å²) in [7, 11) is 0. The van der Waals surface area contributed by atoms with E-state index in [9.17, 15) is 0 Å². The molecule has 2 N–H and O–H groups in total. The van der Waals surface area contributed by atoms with Crippen molar-refractivity contribution in [3.63, 3.8) is 0 Å². The van der Waals surface area contributed by atoms with E-state index in [4.69, 9.17) is 10.5 Å². The molecule has 2 aromatic heterocycles. The van der Waals surface area contributed by atoms with E-state index in [1.165, 1.54) is 5.56 Å². The smallest absolute Gasteiger partial charge is 0.152 e. The van der Waals surface area contributed by atoms with Crippen molar-refractivity contribution in [2.75, 3.05) is 12.3 Å². The second-order valence-corrected chi connectivity index (χ2v) is 7.18. The molecule has 2 aromatic carbocycles. The average molecular weight is 360 g/mol. The van der Waals surface area contributed by atoms with Crippen molar-refractivity contribution in [1.82, 2.24) is 14.5 Å². The van der Waals surface area contributed by atoms with Crippen LogP contribution in [0.15, 0.2) is 60.9 Å². The normalized spacial score (nSPS) is 12.9. The predicted octanol–water partition coefficient (Wildman–Crippen LogP) is 4.58. The SMILES string of the molecule is CC(C)C(COCc1ccccc1)n1cnc2c(N)nc3ccccc3c21. The minimum absolute atomic E-state index is 0.156. The molecule has 2 heterocycles. The second kappa shape index (κ2) is 7.37. The highest BCUT2D eigenvalue weighted by molar-refractivity contribution is 6.06. The van der Waals surface area contributed by atoms with Crippen molar-refractivity contribution in [3.05, 3.63) is 66.5 Å². The molecule has 0 aliphatic heterocycles. The molecule has 0 spiro atoms. The summed E-state index contributed by atoms with van der Waals surface area (Å²) in [5, 5.41) is 1.06. The Kier molecular flexibility index (Phi) is 4.77. The number of anilines is 1. The van der Waals surface area contributed by atoms with Crippen LogP contribution in [0, 0.1) is 5.92 Å². The molecule has 0 bridgehead atoms. The van der Waals surface area contributed by atoms with E-state index >= 15 is 0 Å². The number of para-hydroxylation sites is 1. The maximum atomic E-state index is 6.17. The fraction of sp³-hybridized carbons (Fsp3) is 0.273. The second-order valence-electron chi connectivity index (χ2n) is 7.18. The Hall–Kier alpha value is -2.92. The Labute approximate surface area is 158 Å². The van der Waals surface area contributed by atoms with Crippen LogP contribution in [0.1, 0.15) is 25.5 Å². The van der Waals surface area contributed by atoms with E-state index in [2.05, 4.69) is 46.6 Å². The van der Waals surface area contributed by atoms with Gasteiger partial charge in [-0.15, -0.1) is 0 Å². The van der Waals surface area contributed by atoms with E-state index in [0.29, 0.717) is 24.9 Å². The van der Waals surface area contributed by atoms with Crippen molar-refractivity contribution >= 4 is 27.8 Å². The summed E-state index contributed by atoms with van der Waals surface area (Å²) in [4.78, 5) is 9.05. The summed E-state index contributed by atoms with van der Waals surface area (Å²) in [5.41, 5.74) is 10.0. The van der Waals surface area contributed by atoms with Gasteiger partial charge in [-0.25, -0.2) is 9.97 Å². The first-order valence-corrected chi connectivity index (χ1v) is 9.27. The Morgan fingerprint density at radius 3 is 2.56 bits per heavy atom. The van der Waals surface area contributed by atoms with Gasteiger partial charge in [-0.3, -0.25) is 0 Å². The van der Waals surface area contributed by atoms with Gasteiger partial charge in [0.25, 0.3) is 0 Å². The lowest BCUT2D eigenvalue weighted by atomic mass is 10.0. The first-order chi connectivity index (χ1) is 13.1. The number of rotatable bonds is 6. The Morgan fingerprint density at radius 1 is 1.04 bits per heavy atom. The number of ether oxygens (including phenoxy) is 1. The lowest BCUT2D eigenvalue weighted by molar-refractivity contribution is 0.0767. The van der Waals surface area contributed by atoms with Crippen molar-refractivity contribution in [2.45, 2.75) is 26.5 Å².